The van der Waals surface area contributed by atoms with E-state index in [2.05, 4.69) is 5.32 Å². The second-order valence-corrected chi connectivity index (χ2v) is 10.3. The molecular weight excluding hydrogens is 570 g/mol. The Labute approximate surface area is 263 Å². The third-order valence-corrected chi connectivity index (χ3v) is 7.35. The van der Waals surface area contributed by atoms with Gasteiger partial charge in [0.1, 0.15) is 17.2 Å². The van der Waals surface area contributed by atoms with Crippen LogP contribution in [-0.4, -0.2) is 25.0 Å². The van der Waals surface area contributed by atoms with Gasteiger partial charge in [-0.2, -0.15) is 13.2 Å². The molecule has 3 atom stereocenters. The van der Waals surface area contributed by atoms with E-state index in [1.807, 2.05) is 31.2 Å². The Morgan fingerprint density at radius 1 is 1.10 bits per heavy atom. The van der Waals surface area contributed by atoms with Crippen LogP contribution in [0.5, 0.6) is 17.2 Å². The predicted octanol–water partition coefficient (Wildman–Crippen LogP) is 3.15. The summed E-state index contributed by atoms with van der Waals surface area (Å²) in [4.78, 5) is 21.5. The maximum atomic E-state index is 12.6. The van der Waals surface area contributed by atoms with Crippen LogP contribution in [0.25, 0.3) is 0 Å². The number of rotatable bonds is 6. The van der Waals surface area contributed by atoms with E-state index < -0.39 is 23.6 Å². The minimum atomic E-state index is -4.30. The van der Waals surface area contributed by atoms with Gasteiger partial charge in [-0.15, -0.1) is 0 Å². The standard InChI is InChI=1S/C17H15ClO4.C13H14F3NO.Na/c1-10-2-4-11(5-3-10)22-16-9-15-13(8-14(16)18)12(17(19)20)6-7-21-15;14-13(15,16)11-3-1-2-9(6-11)10-4-5-12(7-10)17-8-18;/h2-5,8-9,12H,6-7H2,1H3,(H,19,20);1-3,6,8,10,12H,4-5,7H2,(H,17,18);/q;;+1/p-1. The Balaban J connectivity index is 0.000000225. The summed E-state index contributed by atoms with van der Waals surface area (Å²) in [5.74, 6) is -0.151. The minimum absolute atomic E-state index is 0. The molecule has 1 N–H and O–H groups in total. The van der Waals surface area contributed by atoms with Crippen molar-refractivity contribution in [1.29, 1.82) is 0 Å². The monoisotopic (exact) mass is 597 g/mol. The number of carboxylic acid groups (broad SMARTS) is 1. The Hall–Kier alpha value is -2.72. The normalized spacial score (nSPS) is 19.4. The van der Waals surface area contributed by atoms with Crippen molar-refractivity contribution >= 4 is 24.0 Å². The second kappa shape index (κ2) is 14.4. The van der Waals surface area contributed by atoms with Gasteiger partial charge in [-0.3, -0.25) is 4.79 Å². The van der Waals surface area contributed by atoms with Crippen LogP contribution < -0.4 is 49.5 Å². The van der Waals surface area contributed by atoms with E-state index in [0.717, 1.165) is 24.5 Å². The third-order valence-electron chi connectivity index (χ3n) is 7.06. The van der Waals surface area contributed by atoms with Crippen LogP contribution in [0.4, 0.5) is 13.2 Å². The number of halogens is 4. The number of fused-ring (bicyclic) bond motifs is 1. The van der Waals surface area contributed by atoms with Crippen LogP contribution in [0.15, 0.2) is 60.7 Å². The van der Waals surface area contributed by atoms with Crippen molar-refractivity contribution in [2.75, 3.05) is 6.61 Å². The molecule has 3 unspecified atom stereocenters. The SMILES string of the molecule is Cc1ccc(Oc2cc3c(cc2Cl)C(C(=O)[O-])CCO3)cc1.O=CNC1CCC(c2cccc(C(F)(F)F)c2)C1.[Na+]. The van der Waals surface area contributed by atoms with E-state index in [1.165, 1.54) is 12.1 Å². The first kappa shape index (κ1) is 32.8. The molecule has 6 nitrogen and oxygen atoms in total. The number of ether oxygens (including phenoxy) is 2. The quantitative estimate of drug-likeness (QED) is 0.349. The Bertz CT molecular complexity index is 1350. The number of carboxylic acids is 1. The molecule has 5 rings (SSSR count). The number of hydrogen-bond acceptors (Lipinski definition) is 5. The van der Waals surface area contributed by atoms with Crippen molar-refractivity contribution in [2.45, 2.75) is 56.7 Å². The number of nitrogens with one attached hydrogen (secondary N) is 1. The Morgan fingerprint density at radius 2 is 1.83 bits per heavy atom. The van der Waals surface area contributed by atoms with Gasteiger partial charge >= 0.3 is 35.7 Å². The van der Waals surface area contributed by atoms with Crippen molar-refractivity contribution in [1.82, 2.24) is 5.32 Å². The summed E-state index contributed by atoms with van der Waals surface area (Å²) in [6, 6.07) is 16.3. The number of aryl methyl sites for hydroxylation is 1. The molecule has 1 aliphatic heterocycles. The largest absolute Gasteiger partial charge is 1.00 e. The van der Waals surface area contributed by atoms with Gasteiger partial charge in [0.25, 0.3) is 0 Å². The molecule has 1 aliphatic carbocycles. The summed E-state index contributed by atoms with van der Waals surface area (Å²) in [5, 5.41) is 14.2. The van der Waals surface area contributed by atoms with Crippen molar-refractivity contribution in [2.24, 2.45) is 0 Å². The van der Waals surface area contributed by atoms with Crippen LogP contribution in [0.3, 0.4) is 0 Å². The summed E-state index contributed by atoms with van der Waals surface area (Å²) in [6.07, 6.45) is -0.926. The molecule has 1 fully saturated rings. The van der Waals surface area contributed by atoms with Gasteiger partial charge in [-0.1, -0.05) is 47.5 Å². The molecule has 3 aromatic rings. The first-order valence-electron chi connectivity index (χ1n) is 12.8. The summed E-state index contributed by atoms with van der Waals surface area (Å²) in [6.45, 7) is 2.32. The van der Waals surface area contributed by atoms with Crippen molar-refractivity contribution in [3.05, 3.63) is 87.9 Å². The molecule has 2 aliphatic rings. The molecule has 0 saturated heterocycles. The maximum Gasteiger partial charge on any atom is 1.00 e. The fourth-order valence-electron chi connectivity index (χ4n) is 4.95. The number of aliphatic carboxylic acids is 1. The zero-order chi connectivity index (χ0) is 28.9. The van der Waals surface area contributed by atoms with Gasteiger partial charge in [0.05, 0.1) is 17.2 Å². The molecule has 0 aromatic heterocycles. The molecule has 3 aromatic carbocycles. The summed E-state index contributed by atoms with van der Waals surface area (Å²) < 4.78 is 49.1. The Morgan fingerprint density at radius 3 is 2.49 bits per heavy atom. The minimum Gasteiger partial charge on any atom is -0.549 e. The number of carbonyl (C=O) groups is 2. The fourth-order valence-corrected chi connectivity index (χ4v) is 5.16. The molecule has 0 radical (unpaired) electrons. The molecule has 0 spiro atoms. The van der Waals surface area contributed by atoms with E-state index in [1.54, 1.807) is 18.2 Å². The summed E-state index contributed by atoms with van der Waals surface area (Å²) in [5.41, 5.74) is 1.77. The molecule has 11 heteroatoms. The predicted molar refractivity (Wildman–Crippen MR) is 142 cm³/mol. The average molecular weight is 598 g/mol. The Kier molecular flexibility index (Phi) is 11.6. The van der Waals surface area contributed by atoms with Crippen LogP contribution >= 0.6 is 11.6 Å². The third kappa shape index (κ3) is 8.64. The van der Waals surface area contributed by atoms with Crippen molar-refractivity contribution in [3.8, 4) is 17.2 Å². The van der Waals surface area contributed by atoms with Crippen molar-refractivity contribution in [3.63, 3.8) is 0 Å². The average Bonchev–Trinajstić information content (AvgIpc) is 3.39. The first-order valence-corrected chi connectivity index (χ1v) is 13.2. The van der Waals surface area contributed by atoms with Gasteiger partial charge in [0.2, 0.25) is 6.41 Å². The molecular formula is C30H28ClF3NNaO5. The van der Waals surface area contributed by atoms with Gasteiger partial charge in [0, 0.05) is 29.6 Å². The van der Waals surface area contributed by atoms with Crippen LogP contribution in [0.1, 0.15) is 59.8 Å². The molecule has 1 amide bonds. The van der Waals surface area contributed by atoms with E-state index in [-0.39, 0.29) is 41.5 Å². The van der Waals surface area contributed by atoms with E-state index in [4.69, 9.17) is 21.1 Å². The maximum absolute atomic E-state index is 12.6. The topological polar surface area (TPSA) is 87.7 Å². The number of hydrogen-bond donors (Lipinski definition) is 1. The van der Waals surface area contributed by atoms with Crippen LogP contribution in [-0.2, 0) is 15.8 Å². The molecule has 1 saturated carbocycles. The zero-order valence-electron chi connectivity index (χ0n) is 22.7. The molecule has 212 valence electrons. The fraction of sp³-hybridized carbons (Fsp3) is 0.333. The molecule has 1 heterocycles. The number of alkyl halides is 3. The van der Waals surface area contributed by atoms with Gasteiger partial charge in [0.15, 0.2) is 0 Å². The van der Waals surface area contributed by atoms with E-state index in [0.29, 0.717) is 59.3 Å². The van der Waals surface area contributed by atoms with Gasteiger partial charge in [-0.25, -0.2) is 0 Å². The summed E-state index contributed by atoms with van der Waals surface area (Å²) in [7, 11) is 0. The van der Waals surface area contributed by atoms with E-state index >= 15 is 0 Å². The number of amides is 1. The number of carbonyl (C=O) groups excluding carboxylic acids is 2. The molecule has 0 bridgehead atoms. The molecule has 41 heavy (non-hydrogen) atoms. The van der Waals surface area contributed by atoms with Crippen LogP contribution in [0.2, 0.25) is 5.02 Å². The van der Waals surface area contributed by atoms with E-state index in [9.17, 15) is 27.9 Å². The van der Waals surface area contributed by atoms with Crippen molar-refractivity contribution < 1.29 is 66.9 Å². The zero-order valence-corrected chi connectivity index (χ0v) is 25.4. The number of benzene rings is 3. The second-order valence-electron chi connectivity index (χ2n) is 9.86. The van der Waals surface area contributed by atoms with Crippen LogP contribution in [0, 0.1) is 6.92 Å². The smallest absolute Gasteiger partial charge is 0.549 e. The first-order chi connectivity index (χ1) is 19.0. The van der Waals surface area contributed by atoms with Gasteiger partial charge < -0.3 is 24.7 Å². The van der Waals surface area contributed by atoms with Gasteiger partial charge in [-0.05, 0) is 68.4 Å². The summed E-state index contributed by atoms with van der Waals surface area (Å²) >= 11 is 6.22.